The number of para-hydroxylation sites is 1. The third-order valence-corrected chi connectivity index (χ3v) is 5.19. The fourth-order valence-corrected chi connectivity index (χ4v) is 4.09. The number of rotatable bonds is 0. The van der Waals surface area contributed by atoms with Crippen LogP contribution in [0.2, 0.25) is 0 Å². The molecular weight excluding hydrogens is 342 g/mol. The van der Waals surface area contributed by atoms with E-state index in [1.165, 1.54) is 4.31 Å². The summed E-state index contributed by atoms with van der Waals surface area (Å²) in [6.45, 7) is 5.45. The van der Waals surface area contributed by atoms with Gasteiger partial charge in [0.2, 0.25) is 6.79 Å². The number of benzene rings is 2. The highest BCUT2D eigenvalue weighted by atomic mass is 32.2. The van der Waals surface area contributed by atoms with Crippen molar-refractivity contribution in [1.29, 1.82) is 0 Å². The van der Waals surface area contributed by atoms with Gasteiger partial charge in [-0.3, -0.25) is 0 Å². The number of hydrogen-bond acceptors (Lipinski definition) is 5. The molecule has 0 N–H and O–H groups in total. The number of hydrogen-bond donors (Lipinski definition) is 0. The maximum atomic E-state index is 13.1. The first-order chi connectivity index (χ1) is 11.8. The minimum Gasteiger partial charge on any atom is -0.454 e. The fourth-order valence-electron chi connectivity index (χ4n) is 2.81. The van der Waals surface area contributed by atoms with Crippen LogP contribution in [0.15, 0.2) is 41.3 Å². The van der Waals surface area contributed by atoms with Gasteiger partial charge in [-0.1, -0.05) is 18.2 Å². The van der Waals surface area contributed by atoms with Crippen LogP contribution in [-0.2, 0) is 15.7 Å². The van der Waals surface area contributed by atoms with E-state index in [2.05, 4.69) is 0 Å². The summed E-state index contributed by atoms with van der Waals surface area (Å²) in [5, 5.41) is 0. The Hall–Kier alpha value is -2.54. The van der Waals surface area contributed by atoms with E-state index in [1.54, 1.807) is 45.0 Å². The largest absolute Gasteiger partial charge is 0.454 e. The van der Waals surface area contributed by atoms with Gasteiger partial charge < -0.3 is 14.2 Å². The number of carbonyl (C=O) groups is 1. The lowest BCUT2D eigenvalue weighted by atomic mass is 10.0. The molecule has 0 saturated carbocycles. The second-order valence-corrected chi connectivity index (χ2v) is 8.05. The van der Waals surface area contributed by atoms with Gasteiger partial charge in [-0.15, -0.1) is 0 Å². The van der Waals surface area contributed by atoms with Crippen molar-refractivity contribution in [2.45, 2.75) is 31.3 Å². The minimum absolute atomic E-state index is 0.127. The second kappa shape index (κ2) is 5.49. The molecule has 2 aliphatic heterocycles. The summed E-state index contributed by atoms with van der Waals surface area (Å²) in [7, 11) is -1.75. The molecule has 2 aliphatic rings. The predicted octanol–water partition coefficient (Wildman–Crippen LogP) is 3.86. The zero-order valence-corrected chi connectivity index (χ0v) is 14.9. The highest BCUT2D eigenvalue weighted by Crippen LogP contribution is 2.47. The smallest absolute Gasteiger partial charge is 0.427 e. The van der Waals surface area contributed by atoms with E-state index >= 15 is 0 Å². The lowest BCUT2D eigenvalue weighted by molar-refractivity contribution is 0.0610. The van der Waals surface area contributed by atoms with Gasteiger partial charge in [-0.05, 0) is 32.9 Å². The van der Waals surface area contributed by atoms with E-state index in [-0.39, 0.29) is 6.79 Å². The summed E-state index contributed by atoms with van der Waals surface area (Å²) in [5.74, 6) is 1.13. The Balaban J connectivity index is 1.87. The molecule has 1 unspecified atom stereocenters. The Morgan fingerprint density at radius 3 is 2.52 bits per heavy atom. The van der Waals surface area contributed by atoms with Gasteiger partial charge in [0.25, 0.3) is 0 Å². The summed E-state index contributed by atoms with van der Waals surface area (Å²) in [4.78, 5) is 13.2. The average Bonchev–Trinajstić information content (AvgIpc) is 2.99. The van der Waals surface area contributed by atoms with Crippen molar-refractivity contribution in [3.8, 4) is 22.6 Å². The van der Waals surface area contributed by atoms with Crippen molar-refractivity contribution in [1.82, 2.24) is 0 Å². The van der Waals surface area contributed by atoms with Crippen molar-refractivity contribution >= 4 is 22.8 Å². The van der Waals surface area contributed by atoms with E-state index in [9.17, 15) is 9.00 Å². The summed E-state index contributed by atoms with van der Waals surface area (Å²) < 4.78 is 30.6. The normalized spacial score (nSPS) is 17.7. The molecule has 0 saturated heterocycles. The van der Waals surface area contributed by atoms with Gasteiger partial charge in [0, 0.05) is 17.2 Å². The van der Waals surface area contributed by atoms with Crippen molar-refractivity contribution in [3.63, 3.8) is 0 Å². The second-order valence-electron chi connectivity index (χ2n) is 6.74. The highest BCUT2D eigenvalue weighted by Gasteiger charge is 2.37. The Bertz CT molecular complexity index is 903. The SMILES string of the molecule is CC(C)(C)OC(=O)N1c2ccccc2-c2cc3c(cc2S1=O)OCO3. The van der Waals surface area contributed by atoms with Crippen LogP contribution in [0.25, 0.3) is 11.1 Å². The zero-order valence-electron chi connectivity index (χ0n) is 14.1. The van der Waals surface area contributed by atoms with Crippen molar-refractivity contribution in [2.75, 3.05) is 11.1 Å². The molecule has 1 amide bonds. The summed E-state index contributed by atoms with van der Waals surface area (Å²) in [5.41, 5.74) is 1.41. The molecule has 25 heavy (non-hydrogen) atoms. The minimum atomic E-state index is -1.75. The van der Waals surface area contributed by atoms with Crippen LogP contribution < -0.4 is 13.8 Å². The molecular formula is C18H17NO5S. The molecule has 2 aromatic carbocycles. The monoisotopic (exact) mass is 359 g/mol. The Morgan fingerprint density at radius 1 is 1.12 bits per heavy atom. The number of fused-ring (bicyclic) bond motifs is 4. The van der Waals surface area contributed by atoms with E-state index < -0.39 is 22.7 Å². The van der Waals surface area contributed by atoms with Gasteiger partial charge in [0.05, 0.1) is 10.6 Å². The first-order valence-corrected chi connectivity index (χ1v) is 8.94. The molecule has 1 atom stereocenters. The lowest BCUT2D eigenvalue weighted by Gasteiger charge is -2.31. The Morgan fingerprint density at radius 2 is 1.80 bits per heavy atom. The first-order valence-electron chi connectivity index (χ1n) is 7.83. The molecule has 0 fully saturated rings. The fraction of sp³-hybridized carbons (Fsp3) is 0.278. The standard InChI is InChI=1S/C18H17NO5S/c1-18(2,3)24-17(20)19-13-7-5-4-6-11(13)12-8-14-15(23-10-22-14)9-16(12)25(19)21/h4-9H,10H2,1-3H3. The third kappa shape index (κ3) is 2.64. The van der Waals surface area contributed by atoms with Crippen LogP contribution in [0.3, 0.4) is 0 Å². The van der Waals surface area contributed by atoms with Crippen LogP contribution in [0, 0.1) is 0 Å². The Kier molecular flexibility index (Phi) is 3.50. The van der Waals surface area contributed by atoms with E-state index in [0.717, 1.165) is 11.1 Å². The topological polar surface area (TPSA) is 65.1 Å². The number of nitrogens with zero attached hydrogens (tertiary/aromatic N) is 1. The summed E-state index contributed by atoms with van der Waals surface area (Å²) >= 11 is 0. The van der Waals surface area contributed by atoms with Crippen LogP contribution in [0.5, 0.6) is 11.5 Å². The van der Waals surface area contributed by atoms with Crippen molar-refractivity contribution in [2.24, 2.45) is 0 Å². The van der Waals surface area contributed by atoms with Gasteiger partial charge in [-0.25, -0.2) is 9.00 Å². The zero-order chi connectivity index (χ0) is 17.8. The van der Waals surface area contributed by atoms with E-state index in [4.69, 9.17) is 14.2 Å². The third-order valence-electron chi connectivity index (χ3n) is 3.80. The average molecular weight is 359 g/mol. The molecule has 7 heteroatoms. The summed E-state index contributed by atoms with van der Waals surface area (Å²) in [6.07, 6.45) is -0.651. The maximum Gasteiger partial charge on any atom is 0.427 e. The van der Waals surface area contributed by atoms with Gasteiger partial charge in [-0.2, -0.15) is 4.31 Å². The molecule has 130 valence electrons. The molecule has 0 aliphatic carbocycles. The molecule has 2 heterocycles. The number of anilines is 1. The predicted molar refractivity (Wildman–Crippen MR) is 93.1 cm³/mol. The first kappa shape index (κ1) is 16.0. The maximum absolute atomic E-state index is 13.1. The number of amides is 1. The van der Waals surface area contributed by atoms with Gasteiger partial charge in [0.15, 0.2) is 22.5 Å². The quantitative estimate of drug-likeness (QED) is 0.715. The Labute approximate surface area is 147 Å². The van der Waals surface area contributed by atoms with Gasteiger partial charge in [0.1, 0.15) is 5.60 Å². The van der Waals surface area contributed by atoms with Crippen LogP contribution in [0.1, 0.15) is 20.8 Å². The van der Waals surface area contributed by atoms with Crippen LogP contribution >= 0.6 is 0 Å². The molecule has 6 nitrogen and oxygen atoms in total. The van der Waals surface area contributed by atoms with Crippen molar-refractivity contribution in [3.05, 3.63) is 36.4 Å². The van der Waals surface area contributed by atoms with Crippen molar-refractivity contribution < 1.29 is 23.2 Å². The summed E-state index contributed by atoms with van der Waals surface area (Å²) in [6, 6.07) is 10.8. The molecule has 0 radical (unpaired) electrons. The molecule has 4 rings (SSSR count). The number of carbonyl (C=O) groups excluding carboxylic acids is 1. The molecule has 0 bridgehead atoms. The van der Waals surface area contributed by atoms with Crippen LogP contribution in [0.4, 0.5) is 10.5 Å². The lowest BCUT2D eigenvalue weighted by Crippen LogP contribution is -2.39. The molecule has 0 spiro atoms. The molecule has 0 aromatic heterocycles. The highest BCUT2D eigenvalue weighted by molar-refractivity contribution is 7.87. The molecule has 2 aromatic rings. The van der Waals surface area contributed by atoms with E-state index in [1.807, 2.05) is 12.1 Å². The van der Waals surface area contributed by atoms with Crippen LogP contribution in [-0.4, -0.2) is 22.7 Å². The van der Waals surface area contributed by atoms with E-state index in [0.29, 0.717) is 22.1 Å². The van der Waals surface area contributed by atoms with Gasteiger partial charge >= 0.3 is 6.09 Å². The number of ether oxygens (including phenoxy) is 3.